The minimum atomic E-state index is -0.407. The van der Waals surface area contributed by atoms with Crippen molar-refractivity contribution < 1.29 is 14.9 Å². The minimum absolute atomic E-state index is 0.0465. The Labute approximate surface area is 55.3 Å². The summed E-state index contributed by atoms with van der Waals surface area (Å²) >= 11 is 0. The third-order valence-corrected chi connectivity index (χ3v) is 1.12. The lowest BCUT2D eigenvalue weighted by Crippen LogP contribution is -2.11. The van der Waals surface area contributed by atoms with E-state index in [1.807, 2.05) is 0 Å². The fraction of sp³-hybridized carbons (Fsp3) is 1.00. The van der Waals surface area contributed by atoms with Gasteiger partial charge in [-0.15, -0.1) is 0 Å². The maximum atomic E-state index is 8.94. The fourth-order valence-corrected chi connectivity index (χ4v) is 0.547. The Bertz CT molecular complexity index is 56.3. The van der Waals surface area contributed by atoms with Gasteiger partial charge < -0.3 is 14.9 Å². The smallest absolute Gasteiger partial charge is 0.0584 e. The van der Waals surface area contributed by atoms with Gasteiger partial charge in [0.25, 0.3) is 0 Å². The zero-order chi connectivity index (χ0) is 7.11. The normalized spacial score (nSPS) is 13.7. The van der Waals surface area contributed by atoms with Crippen molar-refractivity contribution in [2.75, 3.05) is 20.3 Å². The van der Waals surface area contributed by atoms with Crippen LogP contribution in [0.4, 0.5) is 0 Å². The molecule has 0 saturated heterocycles. The highest BCUT2D eigenvalue weighted by atomic mass is 16.5. The Morgan fingerprint density at radius 3 is 2.56 bits per heavy atom. The lowest BCUT2D eigenvalue weighted by Gasteiger charge is -2.06. The monoisotopic (exact) mass is 134 g/mol. The van der Waals surface area contributed by atoms with Gasteiger partial charge in [-0.1, -0.05) is 0 Å². The van der Waals surface area contributed by atoms with Crippen molar-refractivity contribution in [3.63, 3.8) is 0 Å². The van der Waals surface area contributed by atoms with Gasteiger partial charge in [0, 0.05) is 20.3 Å². The van der Waals surface area contributed by atoms with Gasteiger partial charge in [-0.2, -0.15) is 0 Å². The van der Waals surface area contributed by atoms with E-state index in [1.165, 1.54) is 0 Å². The molecule has 0 aliphatic rings. The topological polar surface area (TPSA) is 49.7 Å². The Morgan fingerprint density at radius 1 is 1.44 bits per heavy atom. The molecule has 0 heterocycles. The molecule has 0 aliphatic carbocycles. The molecule has 0 saturated carbocycles. The van der Waals surface area contributed by atoms with Gasteiger partial charge in [-0.05, 0) is 12.8 Å². The second-order valence-corrected chi connectivity index (χ2v) is 1.95. The third kappa shape index (κ3) is 5.76. The summed E-state index contributed by atoms with van der Waals surface area (Å²) in [7, 11) is 1.59. The molecule has 0 aliphatic heterocycles. The lowest BCUT2D eigenvalue weighted by molar-refractivity contribution is 0.0886. The molecule has 3 heteroatoms. The van der Waals surface area contributed by atoms with Crippen molar-refractivity contribution in [1.82, 2.24) is 0 Å². The van der Waals surface area contributed by atoms with Crippen LogP contribution >= 0.6 is 0 Å². The van der Waals surface area contributed by atoms with E-state index in [0.29, 0.717) is 19.4 Å². The van der Waals surface area contributed by atoms with Crippen molar-refractivity contribution in [2.24, 2.45) is 0 Å². The number of hydrogen-bond acceptors (Lipinski definition) is 3. The van der Waals surface area contributed by atoms with Crippen LogP contribution in [0, 0.1) is 0 Å². The molecule has 0 radical (unpaired) electrons. The SMILES string of the molecule is COCCC(O)CCO. The Balaban J connectivity index is 2.95. The maximum Gasteiger partial charge on any atom is 0.0584 e. The van der Waals surface area contributed by atoms with E-state index in [1.54, 1.807) is 7.11 Å². The largest absolute Gasteiger partial charge is 0.396 e. The number of methoxy groups -OCH3 is 1. The van der Waals surface area contributed by atoms with Crippen molar-refractivity contribution in [1.29, 1.82) is 0 Å². The zero-order valence-electron chi connectivity index (χ0n) is 5.71. The summed E-state index contributed by atoms with van der Waals surface area (Å²) in [5.74, 6) is 0. The van der Waals surface area contributed by atoms with Crippen molar-refractivity contribution >= 4 is 0 Å². The molecule has 0 fully saturated rings. The highest BCUT2D eigenvalue weighted by Crippen LogP contribution is 1.95. The van der Waals surface area contributed by atoms with Crippen molar-refractivity contribution in [3.8, 4) is 0 Å². The molecule has 0 aromatic carbocycles. The molecule has 1 atom stereocenters. The molecule has 3 nitrogen and oxygen atoms in total. The first kappa shape index (κ1) is 8.88. The average molecular weight is 134 g/mol. The van der Waals surface area contributed by atoms with Crippen LogP contribution < -0.4 is 0 Å². The Morgan fingerprint density at radius 2 is 2.11 bits per heavy atom. The van der Waals surface area contributed by atoms with E-state index in [9.17, 15) is 0 Å². The second-order valence-electron chi connectivity index (χ2n) is 1.95. The summed E-state index contributed by atoms with van der Waals surface area (Å²) in [6.45, 7) is 0.603. The molecule has 1 unspecified atom stereocenters. The molecule has 0 aromatic heterocycles. The van der Waals surface area contributed by atoms with E-state index in [4.69, 9.17) is 14.9 Å². The summed E-state index contributed by atoms with van der Waals surface area (Å²) in [4.78, 5) is 0. The molecule has 9 heavy (non-hydrogen) atoms. The van der Waals surface area contributed by atoms with Crippen LogP contribution in [-0.4, -0.2) is 36.6 Å². The number of hydrogen-bond donors (Lipinski definition) is 2. The standard InChI is InChI=1S/C6H14O3/c1-9-5-3-6(8)2-4-7/h6-8H,2-5H2,1H3. The van der Waals surface area contributed by atoms with Crippen LogP contribution in [0.3, 0.4) is 0 Å². The average Bonchev–Trinajstić information content (AvgIpc) is 1.85. The lowest BCUT2D eigenvalue weighted by atomic mass is 10.2. The van der Waals surface area contributed by atoms with Crippen molar-refractivity contribution in [3.05, 3.63) is 0 Å². The summed E-state index contributed by atoms with van der Waals surface area (Å²) < 4.78 is 4.72. The zero-order valence-corrected chi connectivity index (χ0v) is 5.71. The Hall–Kier alpha value is -0.120. The van der Waals surface area contributed by atoms with E-state index in [2.05, 4.69) is 0 Å². The molecular weight excluding hydrogens is 120 g/mol. The quantitative estimate of drug-likeness (QED) is 0.546. The number of aliphatic hydroxyl groups is 2. The van der Waals surface area contributed by atoms with E-state index in [-0.39, 0.29) is 6.61 Å². The minimum Gasteiger partial charge on any atom is -0.396 e. The van der Waals surface area contributed by atoms with E-state index < -0.39 is 6.10 Å². The highest BCUT2D eigenvalue weighted by Gasteiger charge is 2.00. The van der Waals surface area contributed by atoms with Crippen molar-refractivity contribution in [2.45, 2.75) is 18.9 Å². The van der Waals surface area contributed by atoms with E-state index >= 15 is 0 Å². The molecule has 56 valence electrons. The van der Waals surface area contributed by atoms with Crippen LogP contribution in [0.2, 0.25) is 0 Å². The van der Waals surface area contributed by atoms with Crippen LogP contribution in [0.15, 0.2) is 0 Å². The van der Waals surface area contributed by atoms with Gasteiger partial charge in [-0.3, -0.25) is 0 Å². The predicted octanol–water partition coefficient (Wildman–Crippen LogP) is -0.234. The van der Waals surface area contributed by atoms with Gasteiger partial charge in [-0.25, -0.2) is 0 Å². The second kappa shape index (κ2) is 6.01. The molecule has 0 amide bonds. The van der Waals surface area contributed by atoms with Gasteiger partial charge >= 0.3 is 0 Å². The summed E-state index contributed by atoms with van der Waals surface area (Å²) in [5, 5.41) is 17.3. The molecule has 2 N–H and O–H groups in total. The summed E-state index contributed by atoms with van der Waals surface area (Å²) in [5.41, 5.74) is 0. The van der Waals surface area contributed by atoms with Crippen LogP contribution in [0.1, 0.15) is 12.8 Å². The molecule has 0 spiro atoms. The summed E-state index contributed by atoms with van der Waals surface area (Å²) in [6.07, 6.45) is 0.649. The van der Waals surface area contributed by atoms with Crippen LogP contribution in [0.5, 0.6) is 0 Å². The number of ether oxygens (including phenoxy) is 1. The first-order chi connectivity index (χ1) is 4.31. The molecule has 0 rings (SSSR count). The third-order valence-electron chi connectivity index (χ3n) is 1.12. The first-order valence-electron chi connectivity index (χ1n) is 3.09. The van der Waals surface area contributed by atoms with Crippen LogP contribution in [-0.2, 0) is 4.74 Å². The fourth-order valence-electron chi connectivity index (χ4n) is 0.547. The predicted molar refractivity (Wildman–Crippen MR) is 34.2 cm³/mol. The number of rotatable bonds is 5. The van der Waals surface area contributed by atoms with Gasteiger partial charge in [0.2, 0.25) is 0 Å². The summed E-state index contributed by atoms with van der Waals surface area (Å²) in [6, 6.07) is 0. The molecule has 0 aromatic rings. The van der Waals surface area contributed by atoms with Crippen LogP contribution in [0.25, 0.3) is 0 Å². The van der Waals surface area contributed by atoms with Gasteiger partial charge in [0.15, 0.2) is 0 Å². The number of aliphatic hydroxyl groups excluding tert-OH is 2. The molecule has 0 bridgehead atoms. The highest BCUT2D eigenvalue weighted by molar-refractivity contribution is 4.52. The van der Waals surface area contributed by atoms with Gasteiger partial charge in [0.1, 0.15) is 0 Å². The first-order valence-corrected chi connectivity index (χ1v) is 3.09. The van der Waals surface area contributed by atoms with E-state index in [0.717, 1.165) is 0 Å². The Kier molecular flexibility index (Phi) is 5.93. The maximum absolute atomic E-state index is 8.94. The van der Waals surface area contributed by atoms with Gasteiger partial charge in [0.05, 0.1) is 6.10 Å². The molecular formula is C6H14O3.